The molecular weight excluding hydrogens is 230 g/mol. The molecule has 0 heterocycles. The number of hydrogen-bond donors (Lipinski definition) is 1. The van der Waals surface area contributed by atoms with Gasteiger partial charge in [0.25, 0.3) is 0 Å². The zero-order valence-corrected chi connectivity index (χ0v) is 12.8. The number of unbranched alkanes of at least 4 members (excludes halogenated alkanes) is 7. The van der Waals surface area contributed by atoms with E-state index in [0.29, 0.717) is 6.04 Å². The topological polar surface area (TPSA) is 12.0 Å². The monoisotopic (exact) mass is 261 g/mol. The Morgan fingerprint density at radius 3 is 2.05 bits per heavy atom. The SMILES string of the molecule is CCCCCCCCCCN[C@H](C)c1ccccc1. The first-order valence-electron chi connectivity index (χ1n) is 8.13. The largest absolute Gasteiger partial charge is 0.310 e. The molecule has 0 aliphatic carbocycles. The first-order valence-corrected chi connectivity index (χ1v) is 8.13. The molecule has 0 amide bonds. The summed E-state index contributed by atoms with van der Waals surface area (Å²) in [6, 6.07) is 11.2. The first kappa shape index (κ1) is 16.2. The van der Waals surface area contributed by atoms with E-state index >= 15 is 0 Å². The van der Waals surface area contributed by atoms with Crippen molar-refractivity contribution in [1.82, 2.24) is 5.32 Å². The molecule has 0 aromatic heterocycles. The van der Waals surface area contributed by atoms with E-state index in [-0.39, 0.29) is 0 Å². The summed E-state index contributed by atoms with van der Waals surface area (Å²) in [5.41, 5.74) is 1.39. The van der Waals surface area contributed by atoms with Crippen molar-refractivity contribution in [2.75, 3.05) is 6.54 Å². The summed E-state index contributed by atoms with van der Waals surface area (Å²) in [6.07, 6.45) is 11.1. The molecule has 0 radical (unpaired) electrons. The molecule has 0 fully saturated rings. The maximum atomic E-state index is 3.61. The lowest BCUT2D eigenvalue weighted by Gasteiger charge is -2.13. The maximum Gasteiger partial charge on any atom is 0.0291 e. The van der Waals surface area contributed by atoms with Crippen LogP contribution in [0.2, 0.25) is 0 Å². The Balaban J connectivity index is 1.93. The third-order valence-corrected chi connectivity index (χ3v) is 3.78. The Bertz CT molecular complexity index is 294. The van der Waals surface area contributed by atoms with Crippen molar-refractivity contribution in [3.8, 4) is 0 Å². The van der Waals surface area contributed by atoms with Crippen LogP contribution >= 0.6 is 0 Å². The predicted molar refractivity (Wildman–Crippen MR) is 85.5 cm³/mol. The highest BCUT2D eigenvalue weighted by atomic mass is 14.9. The van der Waals surface area contributed by atoms with Gasteiger partial charge in [-0.2, -0.15) is 0 Å². The van der Waals surface area contributed by atoms with Crippen LogP contribution in [-0.2, 0) is 0 Å². The number of nitrogens with one attached hydrogen (secondary N) is 1. The standard InChI is InChI=1S/C18H31N/c1-3-4-5-6-7-8-9-13-16-19-17(2)18-14-11-10-12-15-18/h10-12,14-15,17,19H,3-9,13,16H2,1-2H3/t17-/m1/s1. The fourth-order valence-corrected chi connectivity index (χ4v) is 2.44. The summed E-state index contributed by atoms with van der Waals surface area (Å²) >= 11 is 0. The van der Waals surface area contributed by atoms with E-state index in [1.54, 1.807) is 0 Å². The van der Waals surface area contributed by atoms with Gasteiger partial charge >= 0.3 is 0 Å². The average molecular weight is 261 g/mol. The van der Waals surface area contributed by atoms with Crippen LogP contribution in [0.15, 0.2) is 30.3 Å². The molecule has 1 aromatic rings. The highest BCUT2D eigenvalue weighted by Crippen LogP contribution is 2.12. The maximum absolute atomic E-state index is 3.61. The van der Waals surface area contributed by atoms with E-state index in [4.69, 9.17) is 0 Å². The lowest BCUT2D eigenvalue weighted by Crippen LogP contribution is -2.19. The van der Waals surface area contributed by atoms with E-state index in [1.807, 2.05) is 0 Å². The van der Waals surface area contributed by atoms with Crippen LogP contribution in [0.3, 0.4) is 0 Å². The Labute approximate surface area is 119 Å². The van der Waals surface area contributed by atoms with E-state index in [0.717, 1.165) is 6.54 Å². The molecule has 1 nitrogen and oxygen atoms in total. The Morgan fingerprint density at radius 2 is 1.42 bits per heavy atom. The van der Waals surface area contributed by atoms with Crippen molar-refractivity contribution in [2.45, 2.75) is 71.3 Å². The minimum Gasteiger partial charge on any atom is -0.310 e. The van der Waals surface area contributed by atoms with Crippen LogP contribution in [-0.4, -0.2) is 6.54 Å². The van der Waals surface area contributed by atoms with Crippen molar-refractivity contribution in [2.24, 2.45) is 0 Å². The fourth-order valence-electron chi connectivity index (χ4n) is 2.44. The van der Waals surface area contributed by atoms with Crippen LogP contribution in [0, 0.1) is 0 Å². The molecule has 0 aliphatic heterocycles. The lowest BCUT2D eigenvalue weighted by molar-refractivity contribution is 0.521. The summed E-state index contributed by atoms with van der Waals surface area (Å²) in [7, 11) is 0. The zero-order valence-electron chi connectivity index (χ0n) is 12.8. The van der Waals surface area contributed by atoms with Gasteiger partial charge in [0.1, 0.15) is 0 Å². The van der Waals surface area contributed by atoms with Crippen molar-refractivity contribution in [3.05, 3.63) is 35.9 Å². The van der Waals surface area contributed by atoms with Gasteiger partial charge in [0.05, 0.1) is 0 Å². The molecule has 0 aliphatic rings. The summed E-state index contributed by atoms with van der Waals surface area (Å²) in [5, 5.41) is 3.61. The predicted octanol–water partition coefficient (Wildman–Crippen LogP) is 5.48. The van der Waals surface area contributed by atoms with Gasteiger partial charge in [-0.15, -0.1) is 0 Å². The summed E-state index contributed by atoms with van der Waals surface area (Å²) in [5.74, 6) is 0. The highest BCUT2D eigenvalue weighted by Gasteiger charge is 2.02. The molecule has 1 N–H and O–H groups in total. The quantitative estimate of drug-likeness (QED) is 0.520. The molecular formula is C18H31N. The normalized spacial score (nSPS) is 12.5. The molecule has 0 bridgehead atoms. The van der Waals surface area contributed by atoms with Gasteiger partial charge in [0.15, 0.2) is 0 Å². The molecule has 0 saturated heterocycles. The summed E-state index contributed by atoms with van der Waals surface area (Å²) < 4.78 is 0. The van der Waals surface area contributed by atoms with Gasteiger partial charge in [0.2, 0.25) is 0 Å². The van der Waals surface area contributed by atoms with Crippen molar-refractivity contribution >= 4 is 0 Å². The van der Waals surface area contributed by atoms with E-state index < -0.39 is 0 Å². The van der Waals surface area contributed by atoms with E-state index in [9.17, 15) is 0 Å². The second kappa shape index (κ2) is 11.0. The number of hydrogen-bond acceptors (Lipinski definition) is 1. The van der Waals surface area contributed by atoms with Gasteiger partial charge < -0.3 is 5.32 Å². The van der Waals surface area contributed by atoms with E-state index in [1.165, 1.54) is 56.9 Å². The first-order chi connectivity index (χ1) is 9.34. The number of benzene rings is 1. The van der Waals surface area contributed by atoms with Crippen LogP contribution in [0.5, 0.6) is 0 Å². The molecule has 1 aromatic carbocycles. The second-order valence-electron chi connectivity index (χ2n) is 5.56. The fraction of sp³-hybridized carbons (Fsp3) is 0.667. The summed E-state index contributed by atoms with van der Waals surface area (Å²) in [4.78, 5) is 0. The molecule has 19 heavy (non-hydrogen) atoms. The molecule has 1 atom stereocenters. The second-order valence-corrected chi connectivity index (χ2v) is 5.56. The minimum atomic E-state index is 0.478. The van der Waals surface area contributed by atoms with Gasteiger partial charge in [-0.05, 0) is 25.5 Å². The molecule has 1 heteroatoms. The van der Waals surface area contributed by atoms with Crippen LogP contribution in [0.1, 0.15) is 76.8 Å². The zero-order chi connectivity index (χ0) is 13.8. The average Bonchev–Trinajstić information content (AvgIpc) is 2.46. The van der Waals surface area contributed by atoms with Gasteiger partial charge in [0, 0.05) is 6.04 Å². The molecule has 0 spiro atoms. The van der Waals surface area contributed by atoms with Gasteiger partial charge in [-0.1, -0.05) is 82.2 Å². The van der Waals surface area contributed by atoms with Crippen LogP contribution in [0.4, 0.5) is 0 Å². The van der Waals surface area contributed by atoms with Gasteiger partial charge in [-0.25, -0.2) is 0 Å². The third-order valence-electron chi connectivity index (χ3n) is 3.78. The van der Waals surface area contributed by atoms with E-state index in [2.05, 4.69) is 49.5 Å². The van der Waals surface area contributed by atoms with Crippen LogP contribution in [0.25, 0.3) is 0 Å². The lowest BCUT2D eigenvalue weighted by atomic mass is 10.1. The summed E-state index contributed by atoms with van der Waals surface area (Å²) in [6.45, 7) is 5.67. The Hall–Kier alpha value is -0.820. The smallest absolute Gasteiger partial charge is 0.0291 e. The molecule has 0 unspecified atom stereocenters. The van der Waals surface area contributed by atoms with Crippen molar-refractivity contribution < 1.29 is 0 Å². The Kier molecular flexibility index (Phi) is 9.44. The van der Waals surface area contributed by atoms with Gasteiger partial charge in [-0.3, -0.25) is 0 Å². The number of rotatable bonds is 11. The highest BCUT2D eigenvalue weighted by molar-refractivity contribution is 5.17. The molecule has 0 saturated carbocycles. The van der Waals surface area contributed by atoms with Crippen molar-refractivity contribution in [1.29, 1.82) is 0 Å². The molecule has 108 valence electrons. The van der Waals surface area contributed by atoms with Crippen molar-refractivity contribution in [3.63, 3.8) is 0 Å². The third kappa shape index (κ3) is 8.05. The molecule has 1 rings (SSSR count). The Morgan fingerprint density at radius 1 is 0.842 bits per heavy atom. The van der Waals surface area contributed by atoms with Crippen LogP contribution < -0.4 is 5.32 Å². The minimum absolute atomic E-state index is 0.478.